The van der Waals surface area contributed by atoms with Crippen molar-refractivity contribution in [1.29, 1.82) is 0 Å². The molecule has 2 aromatic heterocycles. The number of aromatic nitrogens is 3. The van der Waals surface area contributed by atoms with Crippen LogP contribution in [0.3, 0.4) is 0 Å². The highest BCUT2D eigenvalue weighted by molar-refractivity contribution is 5.91. The molecule has 0 spiro atoms. The molecule has 0 aliphatic carbocycles. The largest absolute Gasteiger partial charge is 0.505 e. The lowest BCUT2D eigenvalue weighted by atomic mass is 9.97. The maximum absolute atomic E-state index is 14.7. The van der Waals surface area contributed by atoms with Gasteiger partial charge in [0.1, 0.15) is 11.5 Å². The lowest BCUT2D eigenvalue weighted by Crippen LogP contribution is -2.48. The van der Waals surface area contributed by atoms with Crippen LogP contribution < -0.4 is 10.6 Å². The topological polar surface area (TPSA) is 84.0 Å². The Bertz CT molecular complexity index is 1500. The van der Waals surface area contributed by atoms with Gasteiger partial charge in [0.05, 0.1) is 17.8 Å². The van der Waals surface area contributed by atoms with Crippen molar-refractivity contribution in [2.45, 2.75) is 43.8 Å². The molecular weight excluding hydrogens is 450 g/mol. The number of anilines is 1. The van der Waals surface area contributed by atoms with E-state index in [4.69, 9.17) is 17.3 Å². The number of hydrogen-bond donors (Lipinski definition) is 2. The van der Waals surface area contributed by atoms with E-state index in [1.165, 1.54) is 30.3 Å². The first kappa shape index (κ1) is 21.5. The summed E-state index contributed by atoms with van der Waals surface area (Å²) >= 11 is 0. The molecule has 2 aliphatic heterocycles. The van der Waals surface area contributed by atoms with Gasteiger partial charge in [0.15, 0.2) is 11.6 Å². The van der Waals surface area contributed by atoms with Gasteiger partial charge in [-0.1, -0.05) is 18.2 Å². The van der Waals surface area contributed by atoms with Crippen molar-refractivity contribution in [3.05, 3.63) is 71.8 Å². The molecule has 176 valence electrons. The van der Waals surface area contributed by atoms with Crippen LogP contribution in [0.1, 0.15) is 25.7 Å². The van der Waals surface area contributed by atoms with Gasteiger partial charge in [0.25, 0.3) is 0 Å². The number of benzene rings is 2. The number of imidazole rings is 1. The fourth-order valence-corrected chi connectivity index (χ4v) is 5.58. The smallest absolute Gasteiger partial charge is 0.222 e. The zero-order valence-electron chi connectivity index (χ0n) is 18.7. The van der Waals surface area contributed by atoms with Crippen molar-refractivity contribution < 1.29 is 13.9 Å². The molecule has 6 rings (SSSR count). The molecule has 0 radical (unpaired) electrons. The second-order valence-electron chi connectivity index (χ2n) is 9.22. The number of aromatic hydroxyl groups is 1. The minimum absolute atomic E-state index is 0.0834. The lowest BCUT2D eigenvalue weighted by Gasteiger charge is -2.39. The average molecular weight is 472 g/mol. The van der Waals surface area contributed by atoms with Crippen LogP contribution in [-0.4, -0.2) is 37.6 Å². The third-order valence-corrected chi connectivity index (χ3v) is 7.11. The summed E-state index contributed by atoms with van der Waals surface area (Å²) < 4.78 is 30.5. The molecule has 2 fully saturated rings. The van der Waals surface area contributed by atoms with Crippen molar-refractivity contribution in [3.8, 4) is 28.1 Å². The Balaban J connectivity index is 1.64. The molecule has 2 atom stereocenters. The summed E-state index contributed by atoms with van der Waals surface area (Å²) in [6.45, 7) is 7.18. The van der Waals surface area contributed by atoms with Crippen LogP contribution in [-0.2, 0) is 0 Å². The van der Waals surface area contributed by atoms with Crippen molar-refractivity contribution in [2.75, 3.05) is 4.90 Å². The molecule has 0 amide bonds. The molecule has 7 nitrogen and oxygen atoms in total. The lowest BCUT2D eigenvalue weighted by molar-refractivity contribution is 0.408. The number of nitrogens with zero attached hydrogens (tertiary/aromatic N) is 5. The summed E-state index contributed by atoms with van der Waals surface area (Å²) in [6.07, 6.45) is 7.26. The standard InChI is InChI=1S/C26H22F2N6O/c1-30-21-7-3-15(10-20(21)28)24-23(14-2-6-19(27)22(35)11-14)25-31-8-9-33(25)26(32-24)34-17-4-5-18(34)13-16(29)12-17/h2-3,6-11,16-18,35H,4-5,12-13,29H2. The zero-order chi connectivity index (χ0) is 24.3. The van der Waals surface area contributed by atoms with E-state index in [0.717, 1.165) is 25.7 Å². The highest BCUT2D eigenvalue weighted by Gasteiger charge is 2.41. The van der Waals surface area contributed by atoms with Gasteiger partial charge in [0, 0.05) is 36.1 Å². The van der Waals surface area contributed by atoms with E-state index >= 15 is 0 Å². The van der Waals surface area contributed by atoms with Crippen molar-refractivity contribution in [3.63, 3.8) is 0 Å². The first-order chi connectivity index (χ1) is 16.9. The van der Waals surface area contributed by atoms with E-state index in [-0.39, 0.29) is 23.8 Å². The van der Waals surface area contributed by atoms with E-state index in [2.05, 4.69) is 14.7 Å². The number of nitrogens with two attached hydrogens (primary N) is 1. The van der Waals surface area contributed by atoms with Crippen LogP contribution in [0.15, 0.2) is 48.8 Å². The third-order valence-electron chi connectivity index (χ3n) is 7.11. The Morgan fingerprint density at radius 1 is 1.03 bits per heavy atom. The van der Waals surface area contributed by atoms with Gasteiger partial charge in [0.2, 0.25) is 11.6 Å². The van der Waals surface area contributed by atoms with Gasteiger partial charge in [-0.15, -0.1) is 0 Å². The third kappa shape index (κ3) is 3.41. The Hall–Kier alpha value is -4.03. The average Bonchev–Trinajstić information content (AvgIpc) is 3.43. The first-order valence-electron chi connectivity index (χ1n) is 11.5. The molecule has 35 heavy (non-hydrogen) atoms. The Morgan fingerprint density at radius 2 is 1.77 bits per heavy atom. The monoisotopic (exact) mass is 472 g/mol. The molecule has 4 aromatic rings. The Morgan fingerprint density at radius 3 is 2.46 bits per heavy atom. The van der Waals surface area contributed by atoms with Gasteiger partial charge in [-0.25, -0.2) is 23.6 Å². The SMILES string of the molecule is [C-]#[N+]c1ccc(-c2nc(N3C4CCC3CC(N)C4)n3ccnc3c2-c2ccc(F)c(O)c2)cc1F. The van der Waals surface area contributed by atoms with Crippen LogP contribution in [0.4, 0.5) is 20.4 Å². The molecular formula is C26H22F2N6O. The Labute approximate surface area is 200 Å². The van der Waals surface area contributed by atoms with Crippen LogP contribution >= 0.6 is 0 Å². The Kier molecular flexibility index (Phi) is 4.93. The van der Waals surface area contributed by atoms with Crippen molar-refractivity contribution in [1.82, 2.24) is 14.4 Å². The van der Waals surface area contributed by atoms with Gasteiger partial charge in [-0.05, 0) is 49.4 Å². The minimum Gasteiger partial charge on any atom is -0.505 e. The summed E-state index contributed by atoms with van der Waals surface area (Å²) in [5.41, 5.74) is 8.69. The number of phenols is 1. The maximum Gasteiger partial charge on any atom is 0.222 e. The molecule has 2 aromatic carbocycles. The minimum atomic E-state index is -0.743. The molecule has 2 aliphatic rings. The number of hydrogen-bond acceptors (Lipinski definition) is 5. The fraction of sp³-hybridized carbons (Fsp3) is 0.269. The predicted octanol–water partition coefficient (Wildman–Crippen LogP) is 5.06. The van der Waals surface area contributed by atoms with E-state index in [9.17, 15) is 13.9 Å². The van der Waals surface area contributed by atoms with E-state index < -0.39 is 17.4 Å². The molecule has 0 saturated carbocycles. The normalized spacial score (nSPS) is 21.4. The number of piperidine rings is 1. The molecule has 4 heterocycles. The number of phenolic OH excluding ortho intramolecular Hbond substituents is 1. The van der Waals surface area contributed by atoms with Gasteiger partial charge >= 0.3 is 0 Å². The van der Waals surface area contributed by atoms with Crippen molar-refractivity contribution in [2.24, 2.45) is 5.73 Å². The fourth-order valence-electron chi connectivity index (χ4n) is 5.58. The molecule has 3 N–H and O–H groups in total. The summed E-state index contributed by atoms with van der Waals surface area (Å²) in [5.74, 6) is -1.20. The predicted molar refractivity (Wildman–Crippen MR) is 128 cm³/mol. The summed E-state index contributed by atoms with van der Waals surface area (Å²) in [6, 6.07) is 9.03. The quantitative estimate of drug-likeness (QED) is 0.408. The van der Waals surface area contributed by atoms with Crippen LogP contribution in [0.5, 0.6) is 5.75 Å². The number of fused-ring (bicyclic) bond motifs is 3. The van der Waals surface area contributed by atoms with Gasteiger partial charge in [-0.2, -0.15) is 0 Å². The van der Waals surface area contributed by atoms with Gasteiger partial charge in [-0.3, -0.25) is 4.40 Å². The van der Waals surface area contributed by atoms with Crippen LogP contribution in [0.25, 0.3) is 32.9 Å². The zero-order valence-corrected chi connectivity index (χ0v) is 18.7. The highest BCUT2D eigenvalue weighted by Crippen LogP contribution is 2.43. The maximum atomic E-state index is 14.7. The molecule has 2 bridgehead atoms. The van der Waals surface area contributed by atoms with E-state index in [1.54, 1.807) is 12.3 Å². The van der Waals surface area contributed by atoms with Crippen LogP contribution in [0.2, 0.25) is 0 Å². The van der Waals surface area contributed by atoms with E-state index in [0.29, 0.717) is 34.0 Å². The van der Waals surface area contributed by atoms with Crippen molar-refractivity contribution >= 4 is 17.3 Å². The van der Waals surface area contributed by atoms with E-state index in [1.807, 2.05) is 10.6 Å². The second kappa shape index (κ2) is 8.03. The number of rotatable bonds is 3. The molecule has 9 heteroatoms. The highest BCUT2D eigenvalue weighted by atomic mass is 19.1. The molecule has 2 saturated heterocycles. The summed E-state index contributed by atoms with van der Waals surface area (Å²) in [5, 5.41) is 10.1. The molecule has 2 unspecified atom stereocenters. The summed E-state index contributed by atoms with van der Waals surface area (Å²) in [7, 11) is 0. The summed E-state index contributed by atoms with van der Waals surface area (Å²) in [4.78, 5) is 15.2. The van der Waals surface area contributed by atoms with Crippen LogP contribution in [0, 0.1) is 18.2 Å². The second-order valence-corrected chi connectivity index (χ2v) is 9.22. The number of halogens is 2. The first-order valence-corrected chi connectivity index (χ1v) is 11.5. The van der Waals surface area contributed by atoms with Gasteiger partial charge < -0.3 is 15.7 Å².